The van der Waals surface area contributed by atoms with E-state index in [1.165, 1.54) is 11.1 Å². The van der Waals surface area contributed by atoms with Crippen LogP contribution in [0.1, 0.15) is 66.9 Å². The minimum Gasteiger partial charge on any atom is -0.201 e. The molecule has 0 unspecified atom stereocenters. The van der Waals surface area contributed by atoms with Gasteiger partial charge in [0.1, 0.15) is 7.05 Å². The first-order chi connectivity index (χ1) is 11.3. The van der Waals surface area contributed by atoms with Gasteiger partial charge in [-0.05, 0) is 42.3 Å². The highest BCUT2D eigenvalue weighted by Crippen LogP contribution is 2.33. The molecule has 0 bridgehead atoms. The first-order valence-electron chi connectivity index (χ1n) is 9.48. The molecule has 0 radical (unpaired) electrons. The van der Waals surface area contributed by atoms with Crippen LogP contribution in [-0.4, -0.2) is 0 Å². The highest BCUT2D eigenvalue weighted by molar-refractivity contribution is 5.63. The summed E-state index contributed by atoms with van der Waals surface area (Å²) < 4.78 is 25.0. The van der Waals surface area contributed by atoms with E-state index in [0.717, 1.165) is 16.8 Å². The second-order valence-corrected chi connectivity index (χ2v) is 7.57. The van der Waals surface area contributed by atoms with E-state index in [-0.39, 0.29) is 5.41 Å². The average Bonchev–Trinajstić information content (AvgIpc) is 2.45. The number of aromatic nitrogens is 1. The molecule has 2 aromatic rings. The number of rotatable bonds is 2. The first-order valence-corrected chi connectivity index (χ1v) is 7.98. The highest BCUT2D eigenvalue weighted by atomic mass is 14.9. The van der Waals surface area contributed by atoms with Crippen LogP contribution in [0.3, 0.4) is 0 Å². The van der Waals surface area contributed by atoms with Gasteiger partial charge in [-0.15, -0.1) is 0 Å². The van der Waals surface area contributed by atoms with Crippen LogP contribution in [0.15, 0.2) is 30.5 Å². The van der Waals surface area contributed by atoms with E-state index in [9.17, 15) is 0 Å². The summed E-state index contributed by atoms with van der Waals surface area (Å²) in [5.74, 6) is 0.452. The number of pyridine rings is 1. The molecule has 118 valence electrons. The highest BCUT2D eigenvalue weighted by Gasteiger charge is 2.25. The molecule has 0 saturated heterocycles. The molecule has 1 heterocycles. The normalized spacial score (nSPS) is 14.6. The molecule has 0 spiro atoms. The van der Waals surface area contributed by atoms with Crippen molar-refractivity contribution in [2.75, 3.05) is 0 Å². The van der Waals surface area contributed by atoms with Crippen LogP contribution >= 0.6 is 0 Å². The maximum absolute atomic E-state index is 7.61. The first kappa shape index (κ1) is 12.9. The van der Waals surface area contributed by atoms with Crippen LogP contribution < -0.4 is 4.57 Å². The van der Waals surface area contributed by atoms with Crippen LogP contribution in [-0.2, 0) is 12.5 Å². The predicted molar refractivity (Wildman–Crippen MR) is 95.3 cm³/mol. The standard InChI is InChI=1S/C21H30N/c1-14(2)18-13-22(8)20(12-19(18)21(5,6)7)17-10-9-15(3)11-16(17)4/h9-14H,1-8H3/q+1/i3D3. The van der Waals surface area contributed by atoms with Gasteiger partial charge in [-0.3, -0.25) is 0 Å². The predicted octanol–water partition coefficient (Wildman–Crippen LogP) is 5.22. The molecule has 0 fully saturated rings. The number of benzene rings is 1. The quantitative estimate of drug-likeness (QED) is 0.670. The number of nitrogens with zero attached hydrogens (tertiary/aromatic N) is 1. The minimum atomic E-state index is -2.07. The van der Waals surface area contributed by atoms with E-state index in [2.05, 4.69) is 58.5 Å². The Hall–Kier alpha value is -1.63. The molecule has 0 atom stereocenters. The van der Waals surface area contributed by atoms with Gasteiger partial charge in [0.25, 0.3) is 0 Å². The van der Waals surface area contributed by atoms with Crippen molar-refractivity contribution in [3.05, 3.63) is 52.7 Å². The van der Waals surface area contributed by atoms with Crippen molar-refractivity contribution in [3.63, 3.8) is 0 Å². The molecular weight excluding hydrogens is 266 g/mol. The summed E-state index contributed by atoms with van der Waals surface area (Å²) in [4.78, 5) is 0. The van der Waals surface area contributed by atoms with Gasteiger partial charge in [0.15, 0.2) is 6.20 Å². The Morgan fingerprint density at radius 3 is 2.32 bits per heavy atom. The molecule has 1 heteroatoms. The van der Waals surface area contributed by atoms with Gasteiger partial charge in [0.2, 0.25) is 5.69 Å². The molecule has 0 aliphatic rings. The lowest BCUT2D eigenvalue weighted by atomic mass is 9.80. The zero-order valence-corrected chi connectivity index (χ0v) is 14.9. The van der Waals surface area contributed by atoms with E-state index < -0.39 is 6.85 Å². The third kappa shape index (κ3) is 3.24. The summed E-state index contributed by atoms with van der Waals surface area (Å²) in [5, 5.41) is 0. The summed E-state index contributed by atoms with van der Waals surface area (Å²) in [5.41, 5.74) is 6.33. The lowest BCUT2D eigenvalue weighted by Crippen LogP contribution is -2.34. The second kappa shape index (κ2) is 5.87. The van der Waals surface area contributed by atoms with Crippen molar-refractivity contribution in [1.29, 1.82) is 0 Å². The summed E-state index contributed by atoms with van der Waals surface area (Å²) in [6, 6.07) is 7.72. The Labute approximate surface area is 140 Å². The lowest BCUT2D eigenvalue weighted by Gasteiger charge is -2.24. The van der Waals surface area contributed by atoms with E-state index in [0.29, 0.717) is 11.5 Å². The molecule has 0 saturated carbocycles. The molecule has 0 aliphatic heterocycles. The fourth-order valence-corrected chi connectivity index (χ4v) is 3.00. The third-order valence-electron chi connectivity index (χ3n) is 4.24. The van der Waals surface area contributed by atoms with Crippen molar-refractivity contribution in [1.82, 2.24) is 0 Å². The van der Waals surface area contributed by atoms with E-state index in [4.69, 9.17) is 4.11 Å². The largest absolute Gasteiger partial charge is 0.212 e. The molecule has 2 rings (SSSR count). The van der Waals surface area contributed by atoms with Gasteiger partial charge >= 0.3 is 0 Å². The van der Waals surface area contributed by atoms with Crippen molar-refractivity contribution in [2.45, 2.75) is 59.7 Å². The van der Waals surface area contributed by atoms with Crippen LogP contribution in [0.2, 0.25) is 0 Å². The Morgan fingerprint density at radius 2 is 1.82 bits per heavy atom. The van der Waals surface area contributed by atoms with Crippen LogP contribution in [0.25, 0.3) is 11.3 Å². The van der Waals surface area contributed by atoms with Gasteiger partial charge in [-0.2, -0.15) is 0 Å². The smallest absolute Gasteiger partial charge is 0.201 e. The average molecular weight is 299 g/mol. The fraction of sp³-hybridized carbons (Fsp3) is 0.476. The minimum absolute atomic E-state index is 0.0507. The number of hydrogen-bond acceptors (Lipinski definition) is 0. The summed E-state index contributed by atoms with van der Waals surface area (Å²) in [6.07, 6.45) is 2.22. The van der Waals surface area contributed by atoms with Crippen molar-refractivity contribution in [2.24, 2.45) is 7.05 Å². The van der Waals surface area contributed by atoms with E-state index in [1.807, 2.05) is 13.0 Å². The molecular formula is C21H30N+. The topological polar surface area (TPSA) is 3.88 Å². The molecule has 0 aliphatic carbocycles. The Morgan fingerprint density at radius 1 is 1.14 bits per heavy atom. The number of aryl methyl sites for hydroxylation is 3. The molecule has 1 aromatic carbocycles. The maximum atomic E-state index is 7.61. The summed E-state index contributed by atoms with van der Waals surface area (Å²) in [7, 11) is 2.06. The van der Waals surface area contributed by atoms with Crippen molar-refractivity contribution < 1.29 is 8.68 Å². The maximum Gasteiger partial charge on any atom is 0.212 e. The van der Waals surface area contributed by atoms with Crippen molar-refractivity contribution >= 4 is 0 Å². The molecule has 1 nitrogen and oxygen atoms in total. The molecule has 1 aromatic heterocycles. The second-order valence-electron chi connectivity index (χ2n) is 7.57. The van der Waals surface area contributed by atoms with E-state index in [1.54, 1.807) is 12.1 Å². The molecule has 0 amide bonds. The number of hydrogen-bond donors (Lipinski definition) is 0. The Kier molecular flexibility index (Phi) is 3.43. The van der Waals surface area contributed by atoms with Gasteiger partial charge in [-0.1, -0.05) is 52.3 Å². The van der Waals surface area contributed by atoms with Crippen LogP contribution in [0.4, 0.5) is 0 Å². The SMILES string of the molecule is [2H]C([2H])([2H])c1ccc(-c2cc(C(C)(C)C)c(C(C)C)c[n+]2C)c(C)c1. The summed E-state index contributed by atoms with van der Waals surface area (Å²) in [6.45, 7) is 11.1. The van der Waals surface area contributed by atoms with Crippen molar-refractivity contribution in [3.8, 4) is 11.3 Å². The fourth-order valence-electron chi connectivity index (χ4n) is 3.00. The summed E-state index contributed by atoms with van der Waals surface area (Å²) >= 11 is 0. The Bertz CT molecular complexity index is 781. The van der Waals surface area contributed by atoms with E-state index >= 15 is 0 Å². The Balaban J connectivity index is 2.68. The van der Waals surface area contributed by atoms with Gasteiger partial charge in [0.05, 0.1) is 0 Å². The van der Waals surface area contributed by atoms with Gasteiger partial charge in [-0.25, -0.2) is 4.57 Å². The monoisotopic (exact) mass is 299 g/mol. The lowest BCUT2D eigenvalue weighted by molar-refractivity contribution is -0.661. The zero-order valence-electron chi connectivity index (χ0n) is 17.9. The van der Waals surface area contributed by atoms with Gasteiger partial charge in [0, 0.05) is 21.3 Å². The third-order valence-corrected chi connectivity index (χ3v) is 4.24. The molecule has 0 N–H and O–H groups in total. The van der Waals surface area contributed by atoms with Crippen LogP contribution in [0, 0.1) is 13.8 Å². The zero-order chi connectivity index (χ0) is 19.2. The van der Waals surface area contributed by atoms with Gasteiger partial charge < -0.3 is 0 Å². The van der Waals surface area contributed by atoms with Crippen LogP contribution in [0.5, 0.6) is 0 Å². The molecule has 22 heavy (non-hydrogen) atoms.